The van der Waals surface area contributed by atoms with E-state index in [0.717, 1.165) is 23.6 Å². The highest BCUT2D eigenvalue weighted by molar-refractivity contribution is 8.14. The molecule has 0 aromatic heterocycles. The molecule has 18 heavy (non-hydrogen) atoms. The third-order valence-corrected chi connectivity index (χ3v) is 5.34. The van der Waals surface area contributed by atoms with Crippen molar-refractivity contribution in [2.24, 2.45) is 16.8 Å². The molecule has 0 bridgehead atoms. The number of rotatable bonds is 4. The van der Waals surface area contributed by atoms with Crippen LogP contribution in [0.1, 0.15) is 59.3 Å². The first-order valence-electron chi connectivity index (χ1n) is 7.66. The average Bonchev–Trinajstić information content (AvgIpc) is 2.76. The highest BCUT2D eigenvalue weighted by atomic mass is 32.2. The van der Waals surface area contributed by atoms with Crippen LogP contribution in [0, 0.1) is 11.8 Å². The van der Waals surface area contributed by atoms with Gasteiger partial charge in [-0.2, -0.15) is 0 Å². The molecule has 0 amide bonds. The minimum atomic E-state index is 0.688. The monoisotopic (exact) mass is 268 g/mol. The normalized spacial score (nSPS) is 32.7. The molecule has 1 aliphatic heterocycles. The Labute approximate surface area is 116 Å². The van der Waals surface area contributed by atoms with Crippen LogP contribution < -0.4 is 5.32 Å². The lowest BCUT2D eigenvalue weighted by Crippen LogP contribution is -2.40. The Morgan fingerprint density at radius 2 is 2.11 bits per heavy atom. The summed E-state index contributed by atoms with van der Waals surface area (Å²) in [4.78, 5) is 4.70. The molecule has 2 nitrogen and oxygen atoms in total. The Hall–Kier alpha value is -0.180. The van der Waals surface area contributed by atoms with E-state index in [2.05, 4.69) is 26.1 Å². The van der Waals surface area contributed by atoms with Gasteiger partial charge < -0.3 is 5.32 Å². The molecule has 2 aliphatic rings. The molecule has 0 saturated heterocycles. The minimum Gasteiger partial charge on any atom is -0.362 e. The number of aliphatic imine (C=N–C) groups is 1. The van der Waals surface area contributed by atoms with Crippen molar-refractivity contribution in [1.82, 2.24) is 5.32 Å². The van der Waals surface area contributed by atoms with Crippen LogP contribution in [0.2, 0.25) is 0 Å². The second-order valence-electron chi connectivity index (χ2n) is 6.22. The van der Waals surface area contributed by atoms with Crippen molar-refractivity contribution < 1.29 is 0 Å². The topological polar surface area (TPSA) is 24.4 Å². The maximum absolute atomic E-state index is 4.70. The first-order valence-corrected chi connectivity index (χ1v) is 8.54. The van der Waals surface area contributed by atoms with Crippen LogP contribution in [-0.4, -0.2) is 23.0 Å². The molecule has 1 fully saturated rings. The molecule has 3 atom stereocenters. The fourth-order valence-corrected chi connectivity index (χ4v) is 4.50. The van der Waals surface area contributed by atoms with Gasteiger partial charge >= 0.3 is 0 Å². The molecule has 0 radical (unpaired) electrons. The molecule has 0 aromatic rings. The molecule has 1 aliphatic carbocycles. The third-order valence-electron chi connectivity index (χ3n) is 4.19. The van der Waals surface area contributed by atoms with Gasteiger partial charge in [-0.25, -0.2) is 0 Å². The summed E-state index contributed by atoms with van der Waals surface area (Å²) in [6.45, 7) is 7.96. The quantitative estimate of drug-likeness (QED) is 0.831. The van der Waals surface area contributed by atoms with E-state index in [4.69, 9.17) is 4.99 Å². The van der Waals surface area contributed by atoms with Gasteiger partial charge in [0.1, 0.15) is 0 Å². The van der Waals surface area contributed by atoms with E-state index in [-0.39, 0.29) is 0 Å². The molecule has 3 heteroatoms. The van der Waals surface area contributed by atoms with E-state index in [0.29, 0.717) is 6.04 Å². The fraction of sp³-hybridized carbons (Fsp3) is 0.933. The minimum absolute atomic E-state index is 0.688. The maximum Gasteiger partial charge on any atom is 0.157 e. The molecule has 0 aromatic carbocycles. The van der Waals surface area contributed by atoms with E-state index >= 15 is 0 Å². The molecule has 2 rings (SSSR count). The number of amidine groups is 1. The number of nitrogens with zero attached hydrogens (tertiary/aromatic N) is 1. The molecule has 1 saturated carbocycles. The van der Waals surface area contributed by atoms with Crippen LogP contribution in [0.25, 0.3) is 0 Å². The van der Waals surface area contributed by atoms with Crippen molar-refractivity contribution in [1.29, 1.82) is 0 Å². The van der Waals surface area contributed by atoms with E-state index in [1.54, 1.807) is 0 Å². The summed E-state index contributed by atoms with van der Waals surface area (Å²) in [6.07, 6.45) is 8.16. The fourth-order valence-electron chi connectivity index (χ4n) is 3.19. The summed E-state index contributed by atoms with van der Waals surface area (Å²) >= 11 is 1.98. The van der Waals surface area contributed by atoms with Gasteiger partial charge in [-0.05, 0) is 31.1 Å². The smallest absolute Gasteiger partial charge is 0.157 e. The number of thioether (sulfide) groups is 1. The Morgan fingerprint density at radius 3 is 2.83 bits per heavy atom. The van der Waals surface area contributed by atoms with Crippen molar-refractivity contribution in [3.05, 3.63) is 0 Å². The van der Waals surface area contributed by atoms with Crippen LogP contribution in [-0.2, 0) is 0 Å². The van der Waals surface area contributed by atoms with Crippen LogP contribution in [0.3, 0.4) is 0 Å². The molecular formula is C15H28N2S. The summed E-state index contributed by atoms with van der Waals surface area (Å²) < 4.78 is 0. The Balaban J connectivity index is 1.79. The summed E-state index contributed by atoms with van der Waals surface area (Å²) in [5, 5.41) is 5.68. The molecule has 3 unspecified atom stereocenters. The zero-order valence-corrected chi connectivity index (χ0v) is 12.9. The van der Waals surface area contributed by atoms with Crippen molar-refractivity contribution in [2.75, 3.05) is 6.54 Å². The lowest BCUT2D eigenvalue weighted by molar-refractivity contribution is 0.281. The average molecular weight is 268 g/mol. The molecular weight excluding hydrogens is 240 g/mol. The van der Waals surface area contributed by atoms with Crippen LogP contribution >= 0.6 is 11.8 Å². The van der Waals surface area contributed by atoms with Gasteiger partial charge in [0.25, 0.3) is 0 Å². The van der Waals surface area contributed by atoms with Gasteiger partial charge in [-0.1, -0.05) is 51.8 Å². The Kier molecular flexibility index (Phi) is 5.40. The maximum atomic E-state index is 4.70. The van der Waals surface area contributed by atoms with Crippen molar-refractivity contribution in [3.63, 3.8) is 0 Å². The van der Waals surface area contributed by atoms with Crippen LogP contribution in [0.15, 0.2) is 4.99 Å². The number of hydrogen-bond donors (Lipinski definition) is 1. The third kappa shape index (κ3) is 3.91. The molecule has 104 valence electrons. The number of hydrogen-bond acceptors (Lipinski definition) is 3. The van der Waals surface area contributed by atoms with Gasteiger partial charge in [0.05, 0.1) is 6.54 Å². The SMILES string of the molecule is CCC1CCCCC1NC1=NCC(CC(C)C)S1. The first kappa shape index (κ1) is 14.2. The van der Waals surface area contributed by atoms with E-state index < -0.39 is 0 Å². The zero-order valence-electron chi connectivity index (χ0n) is 12.1. The van der Waals surface area contributed by atoms with Gasteiger partial charge in [0.15, 0.2) is 5.17 Å². The van der Waals surface area contributed by atoms with E-state index in [1.807, 2.05) is 11.8 Å². The van der Waals surface area contributed by atoms with Crippen molar-refractivity contribution in [2.45, 2.75) is 70.6 Å². The molecule has 0 spiro atoms. The largest absolute Gasteiger partial charge is 0.362 e. The van der Waals surface area contributed by atoms with Crippen molar-refractivity contribution >= 4 is 16.9 Å². The van der Waals surface area contributed by atoms with Gasteiger partial charge in [0, 0.05) is 11.3 Å². The lowest BCUT2D eigenvalue weighted by atomic mass is 9.83. The summed E-state index contributed by atoms with van der Waals surface area (Å²) in [5.41, 5.74) is 0. The van der Waals surface area contributed by atoms with Crippen molar-refractivity contribution in [3.8, 4) is 0 Å². The predicted molar refractivity (Wildman–Crippen MR) is 82.3 cm³/mol. The van der Waals surface area contributed by atoms with E-state index in [9.17, 15) is 0 Å². The summed E-state index contributed by atoms with van der Waals surface area (Å²) in [6, 6.07) is 0.688. The van der Waals surface area contributed by atoms with Gasteiger partial charge in [0.2, 0.25) is 0 Å². The second kappa shape index (κ2) is 6.83. The standard InChI is InChI=1S/C15H28N2S/c1-4-12-7-5-6-8-14(12)17-15-16-10-13(18-15)9-11(2)3/h11-14H,4-10H2,1-3H3,(H,16,17). The highest BCUT2D eigenvalue weighted by Crippen LogP contribution is 2.30. The highest BCUT2D eigenvalue weighted by Gasteiger charge is 2.27. The lowest BCUT2D eigenvalue weighted by Gasteiger charge is -2.32. The van der Waals surface area contributed by atoms with Crippen LogP contribution in [0.4, 0.5) is 0 Å². The molecule has 1 N–H and O–H groups in total. The Bertz CT molecular complexity index is 288. The second-order valence-corrected chi connectivity index (χ2v) is 7.51. The first-order chi connectivity index (χ1) is 8.69. The van der Waals surface area contributed by atoms with Crippen LogP contribution in [0.5, 0.6) is 0 Å². The number of nitrogens with one attached hydrogen (secondary N) is 1. The van der Waals surface area contributed by atoms with Gasteiger partial charge in [-0.15, -0.1) is 0 Å². The summed E-state index contributed by atoms with van der Waals surface area (Å²) in [7, 11) is 0. The summed E-state index contributed by atoms with van der Waals surface area (Å²) in [5.74, 6) is 1.65. The Morgan fingerprint density at radius 1 is 1.33 bits per heavy atom. The predicted octanol–water partition coefficient (Wildman–Crippen LogP) is 4.06. The molecule has 1 heterocycles. The van der Waals surface area contributed by atoms with E-state index in [1.165, 1.54) is 43.7 Å². The van der Waals surface area contributed by atoms with Gasteiger partial charge in [-0.3, -0.25) is 4.99 Å². The zero-order chi connectivity index (χ0) is 13.0.